The largest absolute Gasteiger partial charge is 0.344 e. The Morgan fingerprint density at radius 2 is 2.05 bits per heavy atom. The van der Waals surface area contributed by atoms with Crippen molar-refractivity contribution in [3.8, 4) is 0 Å². The molecule has 1 aromatic heterocycles. The molecular formula is C14H24N4O2. The summed E-state index contributed by atoms with van der Waals surface area (Å²) in [6, 6.07) is -0.249. The van der Waals surface area contributed by atoms with E-state index in [0.717, 1.165) is 25.9 Å². The Morgan fingerprint density at radius 3 is 2.60 bits per heavy atom. The standard InChI is InChI=1S/C14H24N4O2/c1-9(12-17-13(18-20-12)14(2,3)4)16-11(19)10-5-7-15-8-6-10/h9-10,15H,5-8H2,1-4H3,(H,16,19). The van der Waals surface area contributed by atoms with E-state index in [4.69, 9.17) is 4.52 Å². The van der Waals surface area contributed by atoms with Crippen LogP contribution in [0.15, 0.2) is 4.52 Å². The highest BCUT2D eigenvalue weighted by molar-refractivity contribution is 5.79. The van der Waals surface area contributed by atoms with Gasteiger partial charge in [0.2, 0.25) is 11.8 Å². The van der Waals surface area contributed by atoms with Crippen LogP contribution in [0, 0.1) is 5.92 Å². The first kappa shape index (κ1) is 15.0. The molecule has 1 atom stereocenters. The Kier molecular flexibility index (Phi) is 4.42. The molecule has 1 saturated heterocycles. The molecule has 1 aliphatic rings. The van der Waals surface area contributed by atoms with Crippen molar-refractivity contribution >= 4 is 5.91 Å². The molecule has 2 rings (SSSR count). The lowest BCUT2D eigenvalue weighted by atomic mass is 9.96. The molecule has 0 radical (unpaired) electrons. The normalized spacial score (nSPS) is 18.8. The molecule has 6 heteroatoms. The van der Waals surface area contributed by atoms with Crippen LogP contribution in [-0.2, 0) is 10.2 Å². The molecule has 6 nitrogen and oxygen atoms in total. The predicted molar refractivity (Wildman–Crippen MR) is 75.1 cm³/mol. The third-order valence-corrected chi connectivity index (χ3v) is 3.55. The van der Waals surface area contributed by atoms with Gasteiger partial charge in [-0.25, -0.2) is 0 Å². The summed E-state index contributed by atoms with van der Waals surface area (Å²) >= 11 is 0. The number of hydrogen-bond donors (Lipinski definition) is 2. The number of nitrogens with zero attached hydrogens (tertiary/aromatic N) is 2. The summed E-state index contributed by atoms with van der Waals surface area (Å²) in [6.45, 7) is 9.76. The maximum absolute atomic E-state index is 12.2. The molecule has 0 saturated carbocycles. The van der Waals surface area contributed by atoms with Crippen molar-refractivity contribution in [2.24, 2.45) is 5.92 Å². The van der Waals surface area contributed by atoms with E-state index >= 15 is 0 Å². The second-order valence-corrected chi connectivity index (χ2v) is 6.46. The summed E-state index contributed by atoms with van der Waals surface area (Å²) < 4.78 is 5.25. The maximum Gasteiger partial charge on any atom is 0.248 e. The van der Waals surface area contributed by atoms with Gasteiger partial charge in [0.15, 0.2) is 5.82 Å². The van der Waals surface area contributed by atoms with E-state index in [0.29, 0.717) is 11.7 Å². The lowest BCUT2D eigenvalue weighted by molar-refractivity contribution is -0.126. The summed E-state index contributed by atoms with van der Waals surface area (Å²) in [6.07, 6.45) is 1.77. The first-order valence-corrected chi connectivity index (χ1v) is 7.23. The Morgan fingerprint density at radius 1 is 1.40 bits per heavy atom. The van der Waals surface area contributed by atoms with Gasteiger partial charge in [0.05, 0.1) is 0 Å². The molecule has 0 aliphatic carbocycles. The van der Waals surface area contributed by atoms with Gasteiger partial charge in [-0.3, -0.25) is 4.79 Å². The minimum atomic E-state index is -0.249. The van der Waals surface area contributed by atoms with Crippen LogP contribution in [0.3, 0.4) is 0 Å². The molecule has 1 fully saturated rings. The third-order valence-electron chi connectivity index (χ3n) is 3.55. The number of aromatic nitrogens is 2. The number of nitrogens with one attached hydrogen (secondary N) is 2. The van der Waals surface area contributed by atoms with E-state index in [9.17, 15) is 4.79 Å². The highest BCUT2D eigenvalue weighted by Crippen LogP contribution is 2.21. The van der Waals surface area contributed by atoms with E-state index in [1.807, 2.05) is 27.7 Å². The number of hydrogen-bond acceptors (Lipinski definition) is 5. The quantitative estimate of drug-likeness (QED) is 0.878. The zero-order chi connectivity index (χ0) is 14.8. The van der Waals surface area contributed by atoms with E-state index in [1.54, 1.807) is 0 Å². The zero-order valence-electron chi connectivity index (χ0n) is 12.7. The molecule has 1 unspecified atom stereocenters. The Labute approximate surface area is 119 Å². The SMILES string of the molecule is CC(NC(=O)C1CCNCC1)c1nc(C(C)(C)C)no1. The lowest BCUT2D eigenvalue weighted by Crippen LogP contribution is -2.39. The zero-order valence-corrected chi connectivity index (χ0v) is 12.7. The molecule has 0 aromatic carbocycles. The van der Waals surface area contributed by atoms with Crippen LogP contribution < -0.4 is 10.6 Å². The molecule has 2 heterocycles. The van der Waals surface area contributed by atoms with Crippen LogP contribution in [0.25, 0.3) is 0 Å². The molecule has 0 bridgehead atoms. The van der Waals surface area contributed by atoms with Crippen LogP contribution in [-0.4, -0.2) is 29.1 Å². The smallest absolute Gasteiger partial charge is 0.248 e. The van der Waals surface area contributed by atoms with E-state index in [2.05, 4.69) is 20.8 Å². The highest BCUT2D eigenvalue weighted by Gasteiger charge is 2.26. The Balaban J connectivity index is 1.95. The average Bonchev–Trinajstić information content (AvgIpc) is 2.89. The van der Waals surface area contributed by atoms with Gasteiger partial charge in [-0.1, -0.05) is 25.9 Å². The van der Waals surface area contributed by atoms with Crippen LogP contribution in [0.5, 0.6) is 0 Å². The van der Waals surface area contributed by atoms with E-state index in [1.165, 1.54) is 0 Å². The van der Waals surface area contributed by atoms with Crippen molar-refractivity contribution in [3.05, 3.63) is 11.7 Å². The van der Waals surface area contributed by atoms with Gasteiger partial charge in [0, 0.05) is 11.3 Å². The first-order chi connectivity index (χ1) is 9.38. The number of carbonyl (C=O) groups is 1. The molecule has 0 spiro atoms. The topological polar surface area (TPSA) is 80.0 Å². The second kappa shape index (κ2) is 5.91. The Hall–Kier alpha value is -1.43. The minimum absolute atomic E-state index is 0.0782. The molecule has 112 valence electrons. The van der Waals surface area contributed by atoms with Crippen molar-refractivity contribution in [1.82, 2.24) is 20.8 Å². The minimum Gasteiger partial charge on any atom is -0.344 e. The van der Waals surface area contributed by atoms with Gasteiger partial charge in [-0.2, -0.15) is 4.98 Å². The molecule has 1 aromatic rings. The fourth-order valence-corrected chi connectivity index (χ4v) is 2.19. The van der Waals surface area contributed by atoms with Gasteiger partial charge in [-0.15, -0.1) is 0 Å². The monoisotopic (exact) mass is 280 g/mol. The molecular weight excluding hydrogens is 256 g/mol. The Bertz CT molecular complexity index is 458. The number of piperidine rings is 1. The maximum atomic E-state index is 12.2. The third kappa shape index (κ3) is 3.56. The molecule has 20 heavy (non-hydrogen) atoms. The van der Waals surface area contributed by atoms with Gasteiger partial charge < -0.3 is 15.2 Å². The van der Waals surface area contributed by atoms with Crippen molar-refractivity contribution < 1.29 is 9.32 Å². The van der Waals surface area contributed by atoms with Gasteiger partial charge in [0.1, 0.15) is 6.04 Å². The van der Waals surface area contributed by atoms with Crippen LogP contribution in [0.4, 0.5) is 0 Å². The number of carbonyl (C=O) groups excluding carboxylic acids is 1. The van der Waals surface area contributed by atoms with Crippen LogP contribution in [0.2, 0.25) is 0 Å². The first-order valence-electron chi connectivity index (χ1n) is 7.23. The summed E-state index contributed by atoms with van der Waals surface area (Å²) in [7, 11) is 0. The fraction of sp³-hybridized carbons (Fsp3) is 0.786. The summed E-state index contributed by atoms with van der Waals surface area (Å²) in [4.78, 5) is 16.5. The molecule has 1 amide bonds. The molecule has 2 N–H and O–H groups in total. The van der Waals surface area contributed by atoms with Crippen molar-refractivity contribution in [2.75, 3.05) is 13.1 Å². The molecule has 1 aliphatic heterocycles. The number of amides is 1. The van der Waals surface area contributed by atoms with Gasteiger partial charge in [-0.05, 0) is 32.9 Å². The van der Waals surface area contributed by atoms with Crippen molar-refractivity contribution in [1.29, 1.82) is 0 Å². The van der Waals surface area contributed by atoms with Crippen LogP contribution in [0.1, 0.15) is 58.3 Å². The van der Waals surface area contributed by atoms with E-state index in [-0.39, 0.29) is 23.3 Å². The summed E-state index contributed by atoms with van der Waals surface area (Å²) in [5.74, 6) is 1.30. The highest BCUT2D eigenvalue weighted by atomic mass is 16.5. The van der Waals surface area contributed by atoms with E-state index < -0.39 is 0 Å². The van der Waals surface area contributed by atoms with Crippen molar-refractivity contribution in [3.63, 3.8) is 0 Å². The summed E-state index contributed by atoms with van der Waals surface area (Å²) in [5, 5.41) is 10.2. The van der Waals surface area contributed by atoms with Crippen molar-refractivity contribution in [2.45, 2.75) is 52.0 Å². The predicted octanol–water partition coefficient (Wildman–Crippen LogP) is 1.54. The number of rotatable bonds is 3. The van der Waals surface area contributed by atoms with Crippen LogP contribution >= 0.6 is 0 Å². The lowest BCUT2D eigenvalue weighted by Gasteiger charge is -2.22. The second-order valence-electron chi connectivity index (χ2n) is 6.46. The summed E-state index contributed by atoms with van der Waals surface area (Å²) in [5.41, 5.74) is -0.152. The fourth-order valence-electron chi connectivity index (χ4n) is 2.19. The van der Waals surface area contributed by atoms with Gasteiger partial charge >= 0.3 is 0 Å². The van der Waals surface area contributed by atoms with Gasteiger partial charge in [0.25, 0.3) is 0 Å². The average molecular weight is 280 g/mol.